The minimum atomic E-state index is -2.89. The number of hydrogen-bond acceptors (Lipinski definition) is 4. The van der Waals surface area contributed by atoms with Crippen LogP contribution >= 0.6 is 0 Å². The Morgan fingerprint density at radius 2 is 1.76 bits per heavy atom. The van der Waals surface area contributed by atoms with Crippen LogP contribution in [0, 0.1) is 5.92 Å². The Morgan fingerprint density at radius 1 is 1.19 bits per heavy atom. The highest BCUT2D eigenvalue weighted by Gasteiger charge is 2.54. The molecule has 1 spiro atoms. The molecule has 0 radical (unpaired) electrons. The van der Waals surface area contributed by atoms with Crippen molar-refractivity contribution >= 4 is 15.7 Å². The summed E-state index contributed by atoms with van der Waals surface area (Å²) in [6, 6.07) is 0.0842. The van der Waals surface area contributed by atoms with Crippen LogP contribution in [0.2, 0.25) is 0 Å². The molecule has 3 fully saturated rings. The zero-order chi connectivity index (χ0) is 15.3. The van der Waals surface area contributed by atoms with Gasteiger partial charge in [0.15, 0.2) is 0 Å². The second-order valence-corrected chi connectivity index (χ2v) is 9.52. The summed E-state index contributed by atoms with van der Waals surface area (Å²) in [6.07, 6.45) is 5.31. The molecule has 1 saturated carbocycles. The van der Waals surface area contributed by atoms with Gasteiger partial charge in [0.25, 0.3) is 0 Å². The van der Waals surface area contributed by atoms with Gasteiger partial charge in [-0.15, -0.1) is 0 Å². The van der Waals surface area contributed by atoms with Gasteiger partial charge in [0.05, 0.1) is 23.2 Å². The van der Waals surface area contributed by atoms with Crippen molar-refractivity contribution in [2.24, 2.45) is 5.92 Å². The highest BCUT2D eigenvalue weighted by Crippen LogP contribution is 2.40. The molecule has 6 heteroatoms. The van der Waals surface area contributed by atoms with Crippen LogP contribution in [-0.4, -0.2) is 48.5 Å². The number of amides is 1. The molecule has 1 amide bonds. The summed E-state index contributed by atoms with van der Waals surface area (Å²) in [5, 5.41) is 3.61. The van der Waals surface area contributed by atoms with E-state index in [1.807, 2.05) is 4.90 Å². The van der Waals surface area contributed by atoms with Crippen LogP contribution in [-0.2, 0) is 14.6 Å². The summed E-state index contributed by atoms with van der Waals surface area (Å²) in [4.78, 5) is 15.0. The van der Waals surface area contributed by atoms with E-state index in [9.17, 15) is 13.2 Å². The normalized spacial score (nSPS) is 32.4. The van der Waals surface area contributed by atoms with Gasteiger partial charge < -0.3 is 4.90 Å². The van der Waals surface area contributed by atoms with Crippen LogP contribution < -0.4 is 5.32 Å². The third-order valence-electron chi connectivity index (χ3n) is 5.37. The fourth-order valence-corrected chi connectivity index (χ4v) is 5.63. The van der Waals surface area contributed by atoms with Crippen LogP contribution in [0.15, 0.2) is 0 Å². The zero-order valence-electron chi connectivity index (χ0n) is 13.0. The molecule has 2 heterocycles. The predicted octanol–water partition coefficient (Wildman–Crippen LogP) is 1.29. The van der Waals surface area contributed by atoms with Crippen molar-refractivity contribution < 1.29 is 13.2 Å². The largest absolute Gasteiger partial charge is 0.322 e. The summed E-state index contributed by atoms with van der Waals surface area (Å²) in [5.74, 6) is 1.01. The van der Waals surface area contributed by atoms with E-state index in [0.29, 0.717) is 18.8 Å². The maximum Gasteiger partial charge on any atom is 0.244 e. The van der Waals surface area contributed by atoms with Gasteiger partial charge in [-0.1, -0.05) is 26.7 Å². The first-order valence-electron chi connectivity index (χ1n) is 8.16. The second-order valence-electron chi connectivity index (χ2n) is 7.22. The first-order valence-corrected chi connectivity index (χ1v) is 9.98. The standard InChI is InChI=1S/C15H26N2O3S/c1-11(2)13-16-15(7-3-4-8-15)14(18)17(13)12-5-9-21(19,20)10-6-12/h11-13,16H,3-10H2,1-2H3. The average molecular weight is 314 g/mol. The molecule has 2 aliphatic heterocycles. The molecule has 2 saturated heterocycles. The molecule has 3 rings (SSSR count). The van der Waals surface area contributed by atoms with Crippen molar-refractivity contribution in [3.8, 4) is 0 Å². The molecule has 1 aliphatic carbocycles. The minimum absolute atomic E-state index is 0.0569. The smallest absolute Gasteiger partial charge is 0.244 e. The zero-order valence-corrected chi connectivity index (χ0v) is 13.8. The maximum absolute atomic E-state index is 13.0. The van der Waals surface area contributed by atoms with Gasteiger partial charge in [0.2, 0.25) is 5.91 Å². The third kappa shape index (κ3) is 2.61. The van der Waals surface area contributed by atoms with Crippen molar-refractivity contribution in [2.75, 3.05) is 11.5 Å². The van der Waals surface area contributed by atoms with E-state index in [-0.39, 0.29) is 35.2 Å². The molecule has 1 N–H and O–H groups in total. The monoisotopic (exact) mass is 314 g/mol. The van der Waals surface area contributed by atoms with Crippen molar-refractivity contribution in [3.05, 3.63) is 0 Å². The van der Waals surface area contributed by atoms with Crippen molar-refractivity contribution in [2.45, 2.75) is 70.1 Å². The Hall–Kier alpha value is -0.620. The van der Waals surface area contributed by atoms with Gasteiger partial charge in [0, 0.05) is 6.04 Å². The predicted molar refractivity (Wildman–Crippen MR) is 81.5 cm³/mol. The van der Waals surface area contributed by atoms with E-state index in [1.165, 1.54) is 0 Å². The number of nitrogens with zero attached hydrogens (tertiary/aromatic N) is 1. The van der Waals surface area contributed by atoms with Crippen LogP contribution in [0.25, 0.3) is 0 Å². The minimum Gasteiger partial charge on any atom is -0.322 e. The molecule has 21 heavy (non-hydrogen) atoms. The first kappa shape index (κ1) is 15.3. The average Bonchev–Trinajstić information content (AvgIpc) is 2.99. The van der Waals surface area contributed by atoms with E-state index in [2.05, 4.69) is 19.2 Å². The Kier molecular flexibility index (Phi) is 3.81. The van der Waals surface area contributed by atoms with Gasteiger partial charge in [-0.3, -0.25) is 10.1 Å². The lowest BCUT2D eigenvalue weighted by atomic mass is 9.97. The molecule has 1 atom stereocenters. The summed E-state index contributed by atoms with van der Waals surface area (Å²) in [7, 11) is -2.89. The van der Waals surface area contributed by atoms with Gasteiger partial charge in [-0.25, -0.2) is 8.42 Å². The lowest BCUT2D eigenvalue weighted by Crippen LogP contribution is -2.50. The Morgan fingerprint density at radius 3 is 2.29 bits per heavy atom. The van der Waals surface area contributed by atoms with Gasteiger partial charge in [-0.05, 0) is 31.6 Å². The van der Waals surface area contributed by atoms with Crippen LogP contribution in [0.4, 0.5) is 0 Å². The van der Waals surface area contributed by atoms with E-state index in [1.54, 1.807) is 0 Å². The van der Waals surface area contributed by atoms with E-state index in [0.717, 1.165) is 25.7 Å². The number of carbonyl (C=O) groups is 1. The van der Waals surface area contributed by atoms with E-state index in [4.69, 9.17) is 0 Å². The third-order valence-corrected chi connectivity index (χ3v) is 7.09. The lowest BCUT2D eigenvalue weighted by Gasteiger charge is -2.36. The van der Waals surface area contributed by atoms with Crippen LogP contribution in [0.1, 0.15) is 52.4 Å². The maximum atomic E-state index is 13.0. The summed E-state index contributed by atoms with van der Waals surface area (Å²) < 4.78 is 23.3. The molecule has 0 aromatic heterocycles. The fourth-order valence-electron chi connectivity index (χ4n) is 4.16. The topological polar surface area (TPSA) is 66.5 Å². The molecule has 5 nitrogen and oxygen atoms in total. The molecular formula is C15H26N2O3S. The summed E-state index contributed by atoms with van der Waals surface area (Å²) in [5.41, 5.74) is -0.356. The molecule has 1 unspecified atom stereocenters. The number of hydrogen-bond donors (Lipinski definition) is 1. The Balaban J connectivity index is 1.83. The lowest BCUT2D eigenvalue weighted by molar-refractivity contribution is -0.136. The summed E-state index contributed by atoms with van der Waals surface area (Å²) >= 11 is 0. The van der Waals surface area contributed by atoms with Gasteiger partial charge in [-0.2, -0.15) is 0 Å². The van der Waals surface area contributed by atoms with Crippen molar-refractivity contribution in [3.63, 3.8) is 0 Å². The molecule has 0 aromatic carbocycles. The van der Waals surface area contributed by atoms with Crippen molar-refractivity contribution in [1.29, 1.82) is 0 Å². The SMILES string of the molecule is CC(C)C1NC2(CCCC2)C(=O)N1C1CCS(=O)(=O)CC1. The van der Waals surface area contributed by atoms with Crippen LogP contribution in [0.5, 0.6) is 0 Å². The highest BCUT2D eigenvalue weighted by atomic mass is 32.2. The van der Waals surface area contributed by atoms with Gasteiger partial charge >= 0.3 is 0 Å². The molecular weight excluding hydrogens is 288 g/mol. The summed E-state index contributed by atoms with van der Waals surface area (Å²) in [6.45, 7) is 4.26. The molecule has 120 valence electrons. The Bertz CT molecular complexity index is 509. The number of carbonyl (C=O) groups excluding carboxylic acids is 1. The molecule has 0 bridgehead atoms. The first-order chi connectivity index (χ1) is 9.85. The van der Waals surface area contributed by atoms with Gasteiger partial charge in [0.1, 0.15) is 9.84 Å². The molecule has 3 aliphatic rings. The second kappa shape index (κ2) is 5.23. The molecule has 0 aromatic rings. The van der Waals surface area contributed by atoms with Crippen LogP contribution in [0.3, 0.4) is 0 Å². The quantitative estimate of drug-likeness (QED) is 0.834. The van der Waals surface area contributed by atoms with E-state index < -0.39 is 9.84 Å². The highest BCUT2D eigenvalue weighted by molar-refractivity contribution is 7.91. The number of sulfone groups is 1. The number of nitrogens with one attached hydrogen (secondary N) is 1. The fraction of sp³-hybridized carbons (Fsp3) is 0.933. The van der Waals surface area contributed by atoms with Crippen molar-refractivity contribution in [1.82, 2.24) is 10.2 Å². The number of rotatable bonds is 2. The Labute approximate surface area is 127 Å². The van der Waals surface area contributed by atoms with E-state index >= 15 is 0 Å².